The van der Waals surface area contributed by atoms with Gasteiger partial charge >= 0.3 is 0 Å². The minimum absolute atomic E-state index is 0.236. The van der Waals surface area contributed by atoms with Crippen LogP contribution in [0.25, 0.3) is 16.9 Å². The summed E-state index contributed by atoms with van der Waals surface area (Å²) in [7, 11) is 0. The molecule has 0 fully saturated rings. The van der Waals surface area contributed by atoms with E-state index in [2.05, 4.69) is 10.3 Å². The van der Waals surface area contributed by atoms with Crippen molar-refractivity contribution >= 4 is 29.0 Å². The number of nitrogens with zero attached hydrogens (tertiary/aromatic N) is 2. The molecule has 0 aliphatic heterocycles. The minimum Gasteiger partial charge on any atom is -0.459 e. The average Bonchev–Trinajstić information content (AvgIpc) is 3.23. The summed E-state index contributed by atoms with van der Waals surface area (Å²) < 4.78 is 7.04. The Labute approximate surface area is 148 Å². The third kappa shape index (κ3) is 2.90. The Hall–Kier alpha value is -3.05. The van der Waals surface area contributed by atoms with Crippen molar-refractivity contribution in [3.8, 4) is 11.3 Å². The highest BCUT2D eigenvalue weighted by atomic mass is 35.5. The number of pyridine rings is 1. The maximum absolute atomic E-state index is 12.5. The first-order chi connectivity index (χ1) is 12.1. The summed E-state index contributed by atoms with van der Waals surface area (Å²) in [6.45, 7) is 1.98. The lowest BCUT2D eigenvalue weighted by Gasteiger charge is -2.07. The van der Waals surface area contributed by atoms with Crippen LogP contribution in [0.1, 0.15) is 16.1 Å². The number of amides is 1. The maximum Gasteiger partial charge on any atom is 0.292 e. The Morgan fingerprint density at radius 1 is 1.20 bits per heavy atom. The molecule has 0 radical (unpaired) electrons. The number of nitrogens with one attached hydrogen (secondary N) is 1. The zero-order chi connectivity index (χ0) is 17.4. The number of carbonyl (C=O) groups is 1. The van der Waals surface area contributed by atoms with Crippen LogP contribution in [0.5, 0.6) is 0 Å². The highest BCUT2D eigenvalue weighted by molar-refractivity contribution is 6.30. The van der Waals surface area contributed by atoms with Crippen LogP contribution < -0.4 is 5.32 Å². The highest BCUT2D eigenvalue weighted by Crippen LogP contribution is 2.31. The van der Waals surface area contributed by atoms with E-state index in [1.54, 1.807) is 18.2 Å². The Balaban J connectivity index is 1.88. The molecule has 25 heavy (non-hydrogen) atoms. The van der Waals surface area contributed by atoms with E-state index in [9.17, 15) is 4.79 Å². The third-order valence-electron chi connectivity index (χ3n) is 3.84. The second-order valence-electron chi connectivity index (χ2n) is 5.69. The molecule has 0 bridgehead atoms. The molecule has 0 unspecified atom stereocenters. The first-order valence-corrected chi connectivity index (χ1v) is 8.09. The Morgan fingerprint density at radius 2 is 2.08 bits per heavy atom. The van der Waals surface area contributed by atoms with Crippen molar-refractivity contribution in [2.45, 2.75) is 6.92 Å². The van der Waals surface area contributed by atoms with Gasteiger partial charge in [-0.2, -0.15) is 0 Å². The molecule has 6 heteroatoms. The quantitative estimate of drug-likeness (QED) is 0.576. The number of anilines is 1. The van der Waals surface area contributed by atoms with Gasteiger partial charge in [0.1, 0.15) is 17.2 Å². The fourth-order valence-corrected chi connectivity index (χ4v) is 2.87. The van der Waals surface area contributed by atoms with Crippen molar-refractivity contribution in [2.24, 2.45) is 0 Å². The number of hydrogen-bond donors (Lipinski definition) is 1. The van der Waals surface area contributed by atoms with Crippen LogP contribution in [0.15, 0.2) is 65.4 Å². The molecular weight excluding hydrogens is 338 g/mol. The van der Waals surface area contributed by atoms with Crippen molar-refractivity contribution in [1.29, 1.82) is 0 Å². The molecule has 3 aromatic heterocycles. The fourth-order valence-electron chi connectivity index (χ4n) is 2.68. The van der Waals surface area contributed by atoms with Crippen LogP contribution in [0.2, 0.25) is 5.02 Å². The monoisotopic (exact) mass is 351 g/mol. The van der Waals surface area contributed by atoms with E-state index in [0.29, 0.717) is 16.5 Å². The number of furan rings is 1. The number of carbonyl (C=O) groups excluding carboxylic acids is 1. The van der Waals surface area contributed by atoms with Crippen molar-refractivity contribution < 1.29 is 9.21 Å². The van der Waals surface area contributed by atoms with Gasteiger partial charge in [0.25, 0.3) is 5.91 Å². The second kappa shape index (κ2) is 6.11. The van der Waals surface area contributed by atoms with E-state index in [-0.39, 0.29) is 11.7 Å². The smallest absolute Gasteiger partial charge is 0.292 e. The fraction of sp³-hybridized carbons (Fsp3) is 0.0526. The molecular formula is C19H14ClN3O2. The summed E-state index contributed by atoms with van der Waals surface area (Å²) in [5.41, 5.74) is 3.25. The predicted molar refractivity (Wildman–Crippen MR) is 97.0 cm³/mol. The molecule has 4 rings (SSSR count). The van der Waals surface area contributed by atoms with Crippen LogP contribution in [0, 0.1) is 6.92 Å². The van der Waals surface area contributed by atoms with E-state index >= 15 is 0 Å². The summed E-state index contributed by atoms with van der Waals surface area (Å²) >= 11 is 6.12. The number of hydrogen-bond acceptors (Lipinski definition) is 3. The Morgan fingerprint density at radius 3 is 2.84 bits per heavy atom. The number of halogens is 1. The van der Waals surface area contributed by atoms with E-state index in [1.807, 2.05) is 47.9 Å². The van der Waals surface area contributed by atoms with Gasteiger partial charge in [0.15, 0.2) is 5.76 Å². The van der Waals surface area contributed by atoms with Crippen molar-refractivity contribution in [3.05, 3.63) is 77.3 Å². The largest absolute Gasteiger partial charge is 0.459 e. The molecule has 124 valence electrons. The zero-order valence-corrected chi connectivity index (χ0v) is 14.1. The van der Waals surface area contributed by atoms with Gasteiger partial charge in [-0.3, -0.25) is 9.20 Å². The van der Waals surface area contributed by atoms with Gasteiger partial charge in [-0.25, -0.2) is 4.98 Å². The van der Waals surface area contributed by atoms with E-state index in [0.717, 1.165) is 16.8 Å². The standard InChI is InChI=1S/C19H14ClN3O2/c1-12-7-8-16-21-17(13-4-2-5-14(20)10-13)18(23(16)11-12)22-19(24)15-6-3-9-25-15/h2-11H,1H3,(H,22,24). The normalized spacial score (nSPS) is 11.0. The summed E-state index contributed by atoms with van der Waals surface area (Å²) in [6.07, 6.45) is 3.39. The Bertz CT molecular complexity index is 1070. The summed E-state index contributed by atoms with van der Waals surface area (Å²) in [6, 6.07) is 14.5. The number of rotatable bonds is 3. The highest BCUT2D eigenvalue weighted by Gasteiger charge is 2.18. The molecule has 0 spiro atoms. The van der Waals surface area contributed by atoms with Gasteiger partial charge < -0.3 is 9.73 Å². The topological polar surface area (TPSA) is 59.5 Å². The van der Waals surface area contributed by atoms with Gasteiger partial charge in [-0.1, -0.05) is 29.8 Å². The van der Waals surface area contributed by atoms with Crippen LogP contribution in [0.3, 0.4) is 0 Å². The number of imidazole rings is 1. The predicted octanol–water partition coefficient (Wildman–Crippen LogP) is 4.81. The minimum atomic E-state index is -0.336. The average molecular weight is 352 g/mol. The van der Waals surface area contributed by atoms with Gasteiger partial charge in [-0.15, -0.1) is 0 Å². The van der Waals surface area contributed by atoms with E-state index < -0.39 is 0 Å². The molecule has 5 nitrogen and oxygen atoms in total. The van der Waals surface area contributed by atoms with Crippen LogP contribution >= 0.6 is 11.6 Å². The van der Waals surface area contributed by atoms with Crippen molar-refractivity contribution in [2.75, 3.05) is 5.32 Å². The zero-order valence-electron chi connectivity index (χ0n) is 13.4. The van der Waals surface area contributed by atoms with Crippen molar-refractivity contribution in [1.82, 2.24) is 9.38 Å². The molecule has 0 atom stereocenters. The molecule has 0 aliphatic carbocycles. The first kappa shape index (κ1) is 15.5. The molecule has 0 saturated carbocycles. The van der Waals surface area contributed by atoms with Gasteiger partial charge in [-0.05, 0) is 42.8 Å². The molecule has 1 N–H and O–H groups in total. The molecule has 3 heterocycles. The van der Waals surface area contributed by atoms with Crippen molar-refractivity contribution in [3.63, 3.8) is 0 Å². The lowest BCUT2D eigenvalue weighted by molar-refractivity contribution is 0.0996. The molecule has 0 aliphatic rings. The number of benzene rings is 1. The summed E-state index contributed by atoms with van der Waals surface area (Å²) in [4.78, 5) is 17.1. The van der Waals surface area contributed by atoms with Crippen LogP contribution in [-0.4, -0.2) is 15.3 Å². The number of aryl methyl sites for hydroxylation is 1. The molecule has 1 amide bonds. The maximum atomic E-state index is 12.5. The molecule has 1 aromatic carbocycles. The molecule has 0 saturated heterocycles. The van der Waals surface area contributed by atoms with Crippen LogP contribution in [-0.2, 0) is 0 Å². The van der Waals surface area contributed by atoms with E-state index in [1.165, 1.54) is 6.26 Å². The summed E-state index contributed by atoms with van der Waals surface area (Å²) in [5.74, 6) is 0.471. The molecule has 4 aromatic rings. The Kier molecular flexibility index (Phi) is 3.78. The van der Waals surface area contributed by atoms with Gasteiger partial charge in [0, 0.05) is 16.8 Å². The van der Waals surface area contributed by atoms with E-state index in [4.69, 9.17) is 16.0 Å². The second-order valence-corrected chi connectivity index (χ2v) is 6.12. The summed E-state index contributed by atoms with van der Waals surface area (Å²) in [5, 5.41) is 3.51. The number of aromatic nitrogens is 2. The first-order valence-electron chi connectivity index (χ1n) is 7.71. The SMILES string of the molecule is Cc1ccc2nc(-c3cccc(Cl)c3)c(NC(=O)c3ccco3)n2c1. The lowest BCUT2D eigenvalue weighted by atomic mass is 10.1. The van der Waals surface area contributed by atoms with Gasteiger partial charge in [0.05, 0.1) is 6.26 Å². The number of fused-ring (bicyclic) bond motifs is 1. The lowest BCUT2D eigenvalue weighted by Crippen LogP contribution is -2.13. The van der Waals surface area contributed by atoms with Crippen LogP contribution in [0.4, 0.5) is 5.82 Å². The third-order valence-corrected chi connectivity index (χ3v) is 4.08. The van der Waals surface area contributed by atoms with Gasteiger partial charge in [0.2, 0.25) is 0 Å².